The van der Waals surface area contributed by atoms with Crippen LogP contribution in [0.1, 0.15) is 51.8 Å². The molecule has 0 spiro atoms. The van der Waals surface area contributed by atoms with Gasteiger partial charge in [0.1, 0.15) is 0 Å². The van der Waals surface area contributed by atoms with Gasteiger partial charge in [0.2, 0.25) is 0 Å². The summed E-state index contributed by atoms with van der Waals surface area (Å²) in [5, 5.41) is 0. The zero-order valence-corrected chi connectivity index (χ0v) is 29.1. The molecule has 13 heteroatoms. The molecule has 0 amide bonds. The average Bonchev–Trinajstić information content (AvgIpc) is 3.29. The molecule has 45 heavy (non-hydrogen) atoms. The smallest absolute Gasteiger partial charge is 0.344 e. The maximum Gasteiger partial charge on any atom is 0.344 e. The minimum Gasteiger partial charge on any atom is -0.493 e. The highest BCUT2D eigenvalue weighted by Crippen LogP contribution is 2.37. The van der Waals surface area contributed by atoms with E-state index in [0.29, 0.717) is 43.4 Å². The van der Waals surface area contributed by atoms with Crippen molar-refractivity contribution in [3.63, 3.8) is 0 Å². The van der Waals surface area contributed by atoms with Crippen molar-refractivity contribution >= 4 is 51.9 Å². The fourth-order valence-corrected chi connectivity index (χ4v) is 6.45. The van der Waals surface area contributed by atoms with E-state index in [1.165, 1.54) is 18.8 Å². The number of benzene rings is 2. The molecule has 2 heterocycles. The van der Waals surface area contributed by atoms with Crippen LogP contribution in [0.25, 0.3) is 6.08 Å². The number of methoxy groups -OCH3 is 2. The molecule has 0 unspecified atom stereocenters. The Morgan fingerprint density at radius 2 is 1.76 bits per heavy atom. The summed E-state index contributed by atoms with van der Waals surface area (Å²) in [5.74, 6) is 0.546. The van der Waals surface area contributed by atoms with Crippen LogP contribution >= 0.6 is 33.9 Å². The van der Waals surface area contributed by atoms with Crippen molar-refractivity contribution in [3.05, 3.63) is 76.0 Å². The molecule has 0 fully saturated rings. The molecule has 0 aliphatic carbocycles. The summed E-state index contributed by atoms with van der Waals surface area (Å²) in [7, 11) is 3.02. The predicted octanol–water partition coefficient (Wildman–Crippen LogP) is 4.15. The van der Waals surface area contributed by atoms with Gasteiger partial charge in [0, 0.05) is 9.13 Å². The van der Waals surface area contributed by atoms with Gasteiger partial charge in [-0.1, -0.05) is 17.4 Å². The number of hydrogen-bond acceptors (Lipinski definition) is 11. The first kappa shape index (κ1) is 34.0. The number of ether oxygens (including phenoxy) is 6. The zero-order valence-electron chi connectivity index (χ0n) is 26.1. The molecule has 0 bridgehead atoms. The largest absolute Gasteiger partial charge is 0.493 e. The average molecular weight is 751 g/mol. The third-order valence-corrected chi connectivity index (χ3v) is 8.18. The predicted molar refractivity (Wildman–Crippen MR) is 177 cm³/mol. The molecule has 0 saturated carbocycles. The van der Waals surface area contributed by atoms with E-state index >= 15 is 0 Å². The van der Waals surface area contributed by atoms with Gasteiger partial charge in [0.15, 0.2) is 34.4 Å². The Hall–Kier alpha value is -3.85. The highest BCUT2D eigenvalue weighted by molar-refractivity contribution is 14.1. The molecule has 1 aliphatic heterocycles. The molecule has 1 aliphatic rings. The summed E-state index contributed by atoms with van der Waals surface area (Å²) in [6.45, 7) is 8.99. The Kier molecular flexibility index (Phi) is 11.3. The van der Waals surface area contributed by atoms with Crippen LogP contribution in [-0.4, -0.2) is 56.6 Å². The van der Waals surface area contributed by atoms with Gasteiger partial charge < -0.3 is 28.4 Å². The summed E-state index contributed by atoms with van der Waals surface area (Å²) in [6, 6.07) is 8.03. The molecular weight excluding hydrogens is 715 g/mol. The van der Waals surface area contributed by atoms with Gasteiger partial charge in [-0.25, -0.2) is 14.6 Å². The second kappa shape index (κ2) is 15.0. The van der Waals surface area contributed by atoms with E-state index in [0.717, 1.165) is 14.9 Å². The van der Waals surface area contributed by atoms with Crippen LogP contribution in [0.5, 0.6) is 23.0 Å². The van der Waals surface area contributed by atoms with Gasteiger partial charge in [-0.3, -0.25) is 9.36 Å². The van der Waals surface area contributed by atoms with E-state index in [1.54, 1.807) is 51.1 Å². The first-order valence-electron chi connectivity index (χ1n) is 14.2. The number of aromatic nitrogens is 1. The quantitative estimate of drug-likeness (QED) is 0.199. The van der Waals surface area contributed by atoms with Crippen molar-refractivity contribution in [1.82, 2.24) is 4.57 Å². The molecule has 0 N–H and O–H groups in total. The molecule has 4 rings (SSSR count). The molecule has 11 nitrogen and oxygen atoms in total. The van der Waals surface area contributed by atoms with Crippen LogP contribution in [0.4, 0.5) is 0 Å². The van der Waals surface area contributed by atoms with Crippen molar-refractivity contribution in [2.45, 2.75) is 46.8 Å². The number of halogens is 1. The minimum atomic E-state index is -0.852. The highest BCUT2D eigenvalue weighted by atomic mass is 127. The molecule has 240 valence electrons. The minimum absolute atomic E-state index is 0.0921. The van der Waals surface area contributed by atoms with E-state index < -0.39 is 18.0 Å². The first-order chi connectivity index (χ1) is 21.5. The van der Waals surface area contributed by atoms with Gasteiger partial charge >= 0.3 is 11.9 Å². The number of hydrogen-bond donors (Lipinski definition) is 0. The van der Waals surface area contributed by atoms with Crippen molar-refractivity contribution < 1.29 is 38.0 Å². The Bertz CT molecular complexity index is 1810. The number of nitrogens with zero attached hydrogens (tertiary/aromatic N) is 2. The van der Waals surface area contributed by atoms with Crippen LogP contribution < -0.4 is 33.8 Å². The van der Waals surface area contributed by atoms with Gasteiger partial charge in [-0.2, -0.15) is 0 Å². The second-order valence-electron chi connectivity index (χ2n) is 10.00. The topological polar surface area (TPSA) is 124 Å². The fourth-order valence-electron chi connectivity index (χ4n) is 4.79. The van der Waals surface area contributed by atoms with Gasteiger partial charge in [-0.05, 0) is 93.1 Å². The van der Waals surface area contributed by atoms with E-state index in [1.807, 2.05) is 19.9 Å². The Labute approximate surface area is 278 Å². The number of carbonyl (C=O) groups excluding carboxylic acids is 2. The molecule has 1 aromatic heterocycles. The molecule has 0 radical (unpaired) electrons. The zero-order chi connectivity index (χ0) is 32.8. The Morgan fingerprint density at radius 1 is 1.04 bits per heavy atom. The molecule has 3 aromatic rings. The molecule has 2 aromatic carbocycles. The summed E-state index contributed by atoms with van der Waals surface area (Å²) < 4.78 is 35.9. The maximum absolute atomic E-state index is 14.2. The highest BCUT2D eigenvalue weighted by Gasteiger charge is 2.34. The van der Waals surface area contributed by atoms with Gasteiger partial charge in [0.25, 0.3) is 5.56 Å². The number of allylic oxidation sites excluding steroid dienone is 1. The Morgan fingerprint density at radius 3 is 2.40 bits per heavy atom. The number of fused-ring (bicyclic) bond motifs is 1. The van der Waals surface area contributed by atoms with Crippen LogP contribution in [0.15, 0.2) is 51.4 Å². The number of carbonyl (C=O) groups is 2. The third kappa shape index (κ3) is 7.52. The lowest BCUT2D eigenvalue weighted by atomic mass is 9.95. The van der Waals surface area contributed by atoms with E-state index in [2.05, 4.69) is 27.6 Å². The summed E-state index contributed by atoms with van der Waals surface area (Å²) in [4.78, 5) is 44.6. The van der Waals surface area contributed by atoms with Gasteiger partial charge in [-0.15, -0.1) is 0 Å². The number of rotatable bonds is 12. The summed E-state index contributed by atoms with van der Waals surface area (Å²) >= 11 is 3.30. The number of thiazole rings is 1. The van der Waals surface area contributed by atoms with Crippen molar-refractivity contribution in [1.29, 1.82) is 0 Å². The Balaban J connectivity index is 1.93. The lowest BCUT2D eigenvalue weighted by molar-refractivity contribution is -0.145. The summed E-state index contributed by atoms with van der Waals surface area (Å²) in [6.07, 6.45) is 1.57. The van der Waals surface area contributed by atoms with Gasteiger partial charge in [0.05, 0.1) is 55.4 Å². The maximum atomic E-state index is 14.2. The summed E-state index contributed by atoms with van der Waals surface area (Å²) in [5.41, 5.74) is 1.42. The van der Waals surface area contributed by atoms with Crippen LogP contribution in [0.2, 0.25) is 0 Å². The van der Waals surface area contributed by atoms with Crippen LogP contribution in [0.3, 0.4) is 0 Å². The molecule has 1 atom stereocenters. The third-order valence-electron chi connectivity index (χ3n) is 6.58. The fraction of sp³-hybridized carbons (Fsp3) is 0.375. The normalized spacial score (nSPS) is 14.5. The first-order valence-corrected chi connectivity index (χ1v) is 16.1. The van der Waals surface area contributed by atoms with E-state index in [-0.39, 0.29) is 42.8 Å². The van der Waals surface area contributed by atoms with Crippen molar-refractivity contribution in [2.75, 3.05) is 34.0 Å². The van der Waals surface area contributed by atoms with E-state index in [4.69, 9.17) is 28.4 Å². The molecular formula is C32H35IN2O9S. The standard InChI is InChI=1S/C32H35IN2O9S/c1-8-41-26(36)16-43-29-20(12-21(33)15-24(29)40-7)14-25-30(37)35-28(19-10-11-22(44-17(3)4)23(13-19)39-6)27(31(38)42-9-2)18(5)34-32(35)45-25/h10-15,17,28H,8-9,16H2,1-7H3/b25-14+/t28-/m0/s1. The second-order valence-corrected chi connectivity index (χ2v) is 12.3. The lowest BCUT2D eigenvalue weighted by Crippen LogP contribution is -2.40. The van der Waals surface area contributed by atoms with E-state index in [9.17, 15) is 14.4 Å². The lowest BCUT2D eigenvalue weighted by Gasteiger charge is -2.25. The van der Waals surface area contributed by atoms with Crippen LogP contribution in [0, 0.1) is 3.57 Å². The van der Waals surface area contributed by atoms with Crippen molar-refractivity contribution in [3.8, 4) is 23.0 Å². The monoisotopic (exact) mass is 750 g/mol. The molecule has 0 saturated heterocycles. The SMILES string of the molecule is CCOC(=O)COc1c(/C=c2/sc3n(c2=O)[C@@H](c2ccc(OC(C)C)c(OC)c2)C(C(=O)OCC)=C(C)N=3)cc(I)cc1OC. The van der Waals surface area contributed by atoms with Crippen LogP contribution in [-0.2, 0) is 19.1 Å². The number of esters is 2. The van der Waals surface area contributed by atoms with Crippen molar-refractivity contribution in [2.24, 2.45) is 4.99 Å².